The van der Waals surface area contributed by atoms with Crippen molar-refractivity contribution in [1.29, 1.82) is 0 Å². The zero-order valence-electron chi connectivity index (χ0n) is 12.0. The van der Waals surface area contributed by atoms with Gasteiger partial charge >= 0.3 is 5.97 Å². The van der Waals surface area contributed by atoms with Crippen molar-refractivity contribution < 1.29 is 14.7 Å². The molecule has 0 saturated heterocycles. The molecule has 21 heavy (non-hydrogen) atoms. The zero-order chi connectivity index (χ0) is 14.8. The fraction of sp³-hybridized carbons (Fsp3) is 0.529. The molecule has 3 atom stereocenters. The first-order chi connectivity index (χ1) is 10.1. The van der Waals surface area contributed by atoms with Crippen molar-refractivity contribution in [2.75, 3.05) is 0 Å². The summed E-state index contributed by atoms with van der Waals surface area (Å²) in [6.07, 6.45) is 4.93. The molecule has 2 N–H and O–H groups in total. The van der Waals surface area contributed by atoms with Crippen LogP contribution in [0.25, 0.3) is 0 Å². The fourth-order valence-electron chi connectivity index (χ4n) is 3.64. The van der Waals surface area contributed by atoms with E-state index in [-0.39, 0.29) is 23.8 Å². The van der Waals surface area contributed by atoms with Gasteiger partial charge in [0, 0.05) is 5.92 Å². The molecule has 3 rings (SSSR count). The Morgan fingerprint density at radius 2 is 1.86 bits per heavy atom. The van der Waals surface area contributed by atoms with Crippen LogP contribution in [-0.4, -0.2) is 17.0 Å². The molecule has 0 bridgehead atoms. The SMILES string of the molecule is O=C(O)[C@H]1CC[C@@H](C(=O)NC2CCCc3ccccc32)C1. The lowest BCUT2D eigenvalue weighted by Gasteiger charge is -2.27. The number of carboxylic acid groups (broad SMARTS) is 1. The third kappa shape index (κ3) is 2.94. The summed E-state index contributed by atoms with van der Waals surface area (Å²) in [6, 6.07) is 8.36. The van der Waals surface area contributed by atoms with Crippen molar-refractivity contribution in [2.24, 2.45) is 11.8 Å². The number of hydrogen-bond donors (Lipinski definition) is 2. The quantitative estimate of drug-likeness (QED) is 0.898. The molecule has 112 valence electrons. The summed E-state index contributed by atoms with van der Waals surface area (Å²) >= 11 is 0. The largest absolute Gasteiger partial charge is 0.481 e. The van der Waals surface area contributed by atoms with Gasteiger partial charge < -0.3 is 10.4 Å². The smallest absolute Gasteiger partial charge is 0.306 e. The fourth-order valence-corrected chi connectivity index (χ4v) is 3.64. The van der Waals surface area contributed by atoms with Crippen LogP contribution in [0.5, 0.6) is 0 Å². The van der Waals surface area contributed by atoms with Crippen LogP contribution < -0.4 is 5.32 Å². The van der Waals surface area contributed by atoms with Gasteiger partial charge in [0.2, 0.25) is 5.91 Å². The lowest BCUT2D eigenvalue weighted by atomic mass is 9.87. The number of fused-ring (bicyclic) bond motifs is 1. The van der Waals surface area contributed by atoms with Gasteiger partial charge in [-0.2, -0.15) is 0 Å². The average molecular weight is 287 g/mol. The highest BCUT2D eigenvalue weighted by Gasteiger charge is 2.35. The molecule has 4 nitrogen and oxygen atoms in total. The maximum Gasteiger partial charge on any atom is 0.306 e. The van der Waals surface area contributed by atoms with Gasteiger partial charge in [-0.05, 0) is 49.7 Å². The van der Waals surface area contributed by atoms with E-state index >= 15 is 0 Å². The lowest BCUT2D eigenvalue weighted by Crippen LogP contribution is -2.35. The van der Waals surface area contributed by atoms with Crippen LogP contribution in [0.4, 0.5) is 0 Å². The van der Waals surface area contributed by atoms with E-state index in [2.05, 4.69) is 17.4 Å². The van der Waals surface area contributed by atoms with E-state index in [0.29, 0.717) is 19.3 Å². The summed E-state index contributed by atoms with van der Waals surface area (Å²) in [5.74, 6) is -1.23. The molecule has 4 heteroatoms. The maximum atomic E-state index is 12.4. The molecule has 0 aliphatic heterocycles. The molecule has 1 amide bonds. The second-order valence-corrected chi connectivity index (χ2v) is 6.20. The topological polar surface area (TPSA) is 66.4 Å². The molecule has 1 aromatic carbocycles. The van der Waals surface area contributed by atoms with Crippen LogP contribution in [0.2, 0.25) is 0 Å². The van der Waals surface area contributed by atoms with Gasteiger partial charge in [-0.1, -0.05) is 24.3 Å². The van der Waals surface area contributed by atoms with Gasteiger partial charge in [0.05, 0.1) is 12.0 Å². The molecule has 2 aliphatic carbocycles. The third-order valence-electron chi connectivity index (χ3n) is 4.84. The van der Waals surface area contributed by atoms with Crippen LogP contribution in [0.3, 0.4) is 0 Å². The molecule has 1 saturated carbocycles. The van der Waals surface area contributed by atoms with E-state index in [1.54, 1.807) is 0 Å². The molecular weight excluding hydrogens is 266 g/mol. The molecule has 0 radical (unpaired) electrons. The van der Waals surface area contributed by atoms with Gasteiger partial charge in [-0.25, -0.2) is 0 Å². The van der Waals surface area contributed by atoms with Gasteiger partial charge in [-0.15, -0.1) is 0 Å². The molecule has 1 unspecified atom stereocenters. The maximum absolute atomic E-state index is 12.4. The molecule has 2 aliphatic rings. The van der Waals surface area contributed by atoms with Gasteiger partial charge in [-0.3, -0.25) is 9.59 Å². The third-order valence-corrected chi connectivity index (χ3v) is 4.84. The summed E-state index contributed by atoms with van der Waals surface area (Å²) in [6.45, 7) is 0. The van der Waals surface area contributed by atoms with Crippen molar-refractivity contribution in [3.05, 3.63) is 35.4 Å². The van der Waals surface area contributed by atoms with Crippen molar-refractivity contribution in [3.8, 4) is 0 Å². The Balaban J connectivity index is 1.65. The van der Waals surface area contributed by atoms with E-state index in [1.807, 2.05) is 12.1 Å². The van der Waals surface area contributed by atoms with E-state index in [9.17, 15) is 9.59 Å². The number of carbonyl (C=O) groups excluding carboxylic acids is 1. The normalized spacial score (nSPS) is 27.9. The molecule has 1 fully saturated rings. The Kier molecular flexibility index (Phi) is 3.95. The molecule has 0 aromatic heterocycles. The number of amides is 1. The monoisotopic (exact) mass is 287 g/mol. The summed E-state index contributed by atoms with van der Waals surface area (Å²) in [5, 5.41) is 12.2. The lowest BCUT2D eigenvalue weighted by molar-refractivity contribution is -0.141. The number of carboxylic acids is 1. The molecule has 0 heterocycles. The van der Waals surface area contributed by atoms with Crippen LogP contribution in [0, 0.1) is 11.8 Å². The predicted molar refractivity (Wildman–Crippen MR) is 78.7 cm³/mol. The van der Waals surface area contributed by atoms with E-state index in [4.69, 9.17) is 5.11 Å². The van der Waals surface area contributed by atoms with Crippen LogP contribution in [-0.2, 0) is 16.0 Å². The minimum atomic E-state index is -0.770. The minimum absolute atomic E-state index is 0.0282. The van der Waals surface area contributed by atoms with Crippen LogP contribution >= 0.6 is 0 Å². The summed E-state index contributed by atoms with van der Waals surface area (Å²) in [5.41, 5.74) is 2.55. The minimum Gasteiger partial charge on any atom is -0.481 e. The van der Waals surface area contributed by atoms with E-state index in [0.717, 1.165) is 19.3 Å². The first-order valence-corrected chi connectivity index (χ1v) is 7.76. The number of rotatable bonds is 3. The zero-order valence-corrected chi connectivity index (χ0v) is 12.0. The van der Waals surface area contributed by atoms with Gasteiger partial charge in [0.15, 0.2) is 0 Å². The first-order valence-electron chi connectivity index (χ1n) is 7.76. The van der Waals surface area contributed by atoms with E-state index < -0.39 is 5.97 Å². The summed E-state index contributed by atoms with van der Waals surface area (Å²) < 4.78 is 0. The number of hydrogen-bond acceptors (Lipinski definition) is 2. The Hall–Kier alpha value is -1.84. The van der Waals surface area contributed by atoms with Gasteiger partial charge in [0.1, 0.15) is 0 Å². The second-order valence-electron chi connectivity index (χ2n) is 6.20. The van der Waals surface area contributed by atoms with Crippen LogP contribution in [0.15, 0.2) is 24.3 Å². The summed E-state index contributed by atoms with van der Waals surface area (Å²) in [7, 11) is 0. The Bertz CT molecular complexity index is 555. The predicted octanol–water partition coefficient (Wildman–Crippen LogP) is 2.68. The van der Waals surface area contributed by atoms with E-state index in [1.165, 1.54) is 11.1 Å². The van der Waals surface area contributed by atoms with Crippen molar-refractivity contribution >= 4 is 11.9 Å². The van der Waals surface area contributed by atoms with Crippen molar-refractivity contribution in [2.45, 2.75) is 44.6 Å². The highest BCUT2D eigenvalue weighted by molar-refractivity contribution is 5.81. The molecule has 0 spiro atoms. The number of aryl methyl sites for hydroxylation is 1. The molecular formula is C17H21NO3. The number of carbonyl (C=O) groups is 2. The summed E-state index contributed by atoms with van der Waals surface area (Å²) in [4.78, 5) is 23.4. The molecule has 1 aromatic rings. The number of aliphatic carboxylic acids is 1. The highest BCUT2D eigenvalue weighted by Crippen LogP contribution is 2.33. The Morgan fingerprint density at radius 1 is 1.10 bits per heavy atom. The average Bonchev–Trinajstić information content (AvgIpc) is 2.98. The second kappa shape index (κ2) is 5.88. The van der Waals surface area contributed by atoms with Crippen LogP contribution in [0.1, 0.15) is 49.3 Å². The first kappa shape index (κ1) is 14.1. The Morgan fingerprint density at radius 3 is 2.62 bits per heavy atom. The standard InChI is InChI=1S/C17H21NO3/c19-16(12-8-9-13(10-12)17(20)21)18-15-7-3-5-11-4-1-2-6-14(11)15/h1-2,4,6,12-13,15H,3,5,7-10H2,(H,18,19)(H,20,21)/t12-,13+,15?/m1/s1. The van der Waals surface area contributed by atoms with Gasteiger partial charge in [0.25, 0.3) is 0 Å². The van der Waals surface area contributed by atoms with Crippen molar-refractivity contribution in [3.63, 3.8) is 0 Å². The number of nitrogens with one attached hydrogen (secondary N) is 1. The Labute approximate surface area is 124 Å². The number of benzene rings is 1. The van der Waals surface area contributed by atoms with Crippen molar-refractivity contribution in [1.82, 2.24) is 5.32 Å². The highest BCUT2D eigenvalue weighted by atomic mass is 16.4.